The monoisotopic (exact) mass is 674 g/mol. The molecule has 8 heteroatoms. The van der Waals surface area contributed by atoms with Crippen molar-refractivity contribution in [3.63, 3.8) is 0 Å². The predicted molar refractivity (Wildman–Crippen MR) is 206 cm³/mol. The van der Waals surface area contributed by atoms with Crippen molar-refractivity contribution in [2.75, 3.05) is 45.6 Å². The normalized spacial score (nSPS) is 16.3. The van der Waals surface area contributed by atoms with Crippen molar-refractivity contribution in [2.24, 2.45) is 5.92 Å². The van der Waals surface area contributed by atoms with Crippen molar-refractivity contribution in [3.05, 3.63) is 124 Å². The van der Waals surface area contributed by atoms with E-state index in [1.54, 1.807) is 0 Å². The molecule has 0 amide bonds. The van der Waals surface area contributed by atoms with Crippen LogP contribution in [-0.4, -0.2) is 66.1 Å². The van der Waals surface area contributed by atoms with Crippen LogP contribution in [0.25, 0.3) is 0 Å². The third-order valence-electron chi connectivity index (χ3n) is 10.1. The number of hydrogen-bond acceptors (Lipinski definition) is 8. The maximum absolute atomic E-state index is 4.76. The van der Waals surface area contributed by atoms with E-state index in [0.717, 1.165) is 89.1 Å². The Bertz CT molecular complexity index is 1590. The number of pyridine rings is 2. The number of likely N-dealkylation sites (tertiary alicyclic amines) is 1. The van der Waals surface area contributed by atoms with Gasteiger partial charge in [-0.05, 0) is 137 Å². The lowest BCUT2D eigenvalue weighted by molar-refractivity contribution is 0.244. The van der Waals surface area contributed by atoms with E-state index in [9.17, 15) is 0 Å². The van der Waals surface area contributed by atoms with Crippen molar-refractivity contribution in [2.45, 2.75) is 83.8 Å². The van der Waals surface area contributed by atoms with Crippen LogP contribution in [-0.2, 0) is 45.7 Å². The van der Waals surface area contributed by atoms with E-state index in [1.807, 2.05) is 19.4 Å². The number of benzene rings is 2. The van der Waals surface area contributed by atoms with Crippen LogP contribution < -0.4 is 21.3 Å². The molecule has 1 atom stereocenters. The van der Waals surface area contributed by atoms with E-state index in [1.165, 1.54) is 65.7 Å². The summed E-state index contributed by atoms with van der Waals surface area (Å²) in [7, 11) is 4.23. The molecule has 0 bridgehead atoms. The first-order chi connectivity index (χ1) is 24.6. The highest BCUT2D eigenvalue weighted by Gasteiger charge is 2.26. The van der Waals surface area contributed by atoms with E-state index in [2.05, 4.69) is 116 Å². The highest BCUT2D eigenvalue weighted by molar-refractivity contribution is 5.58. The van der Waals surface area contributed by atoms with Gasteiger partial charge in [0.2, 0.25) is 0 Å². The molecule has 0 radical (unpaired) electrons. The van der Waals surface area contributed by atoms with E-state index < -0.39 is 0 Å². The Balaban J connectivity index is 1.09. The molecule has 0 spiro atoms. The minimum absolute atomic E-state index is 0.544. The van der Waals surface area contributed by atoms with Gasteiger partial charge in [-0.15, -0.1) is 0 Å². The number of para-hydroxylation sites is 1. The second-order valence-electron chi connectivity index (χ2n) is 14.4. The Hall–Kier alpha value is -3.66. The van der Waals surface area contributed by atoms with Crippen LogP contribution in [0, 0.1) is 5.92 Å². The van der Waals surface area contributed by atoms with Crippen molar-refractivity contribution < 1.29 is 0 Å². The van der Waals surface area contributed by atoms with Crippen LogP contribution in [0.3, 0.4) is 0 Å². The minimum Gasteiger partial charge on any atom is -0.379 e. The summed E-state index contributed by atoms with van der Waals surface area (Å²) < 4.78 is 0. The Labute approximate surface area is 300 Å². The van der Waals surface area contributed by atoms with Crippen LogP contribution in [0.1, 0.15) is 71.3 Å². The molecule has 1 aliphatic heterocycles. The lowest BCUT2D eigenvalue weighted by Crippen LogP contribution is -2.31. The molecule has 4 N–H and O–H groups in total. The molecule has 0 unspecified atom stereocenters. The van der Waals surface area contributed by atoms with E-state index in [0.29, 0.717) is 6.04 Å². The zero-order valence-corrected chi connectivity index (χ0v) is 30.3. The molecule has 1 saturated carbocycles. The zero-order chi connectivity index (χ0) is 34.4. The first kappa shape index (κ1) is 36.1. The molecule has 2 aromatic heterocycles. The molecular weight excluding hydrogens is 617 g/mol. The third-order valence-corrected chi connectivity index (χ3v) is 10.1. The fraction of sp³-hybridized carbons (Fsp3) is 0.476. The fourth-order valence-electron chi connectivity index (χ4n) is 7.24. The van der Waals surface area contributed by atoms with Crippen molar-refractivity contribution >= 4 is 5.69 Å². The molecule has 3 heterocycles. The Morgan fingerprint density at radius 1 is 0.780 bits per heavy atom. The van der Waals surface area contributed by atoms with Gasteiger partial charge < -0.3 is 26.2 Å². The first-order valence-corrected chi connectivity index (χ1v) is 18.9. The number of hydrogen-bond donors (Lipinski definition) is 4. The molecule has 266 valence electrons. The maximum atomic E-state index is 4.76. The largest absolute Gasteiger partial charge is 0.379 e. The summed E-state index contributed by atoms with van der Waals surface area (Å²) >= 11 is 0. The fourth-order valence-corrected chi connectivity index (χ4v) is 7.24. The van der Waals surface area contributed by atoms with Crippen LogP contribution in [0.4, 0.5) is 5.69 Å². The zero-order valence-electron chi connectivity index (χ0n) is 30.3. The molecule has 2 aromatic carbocycles. The van der Waals surface area contributed by atoms with Crippen LogP contribution in [0.5, 0.6) is 0 Å². The highest BCUT2D eigenvalue weighted by Crippen LogP contribution is 2.30. The summed E-state index contributed by atoms with van der Waals surface area (Å²) in [5.41, 5.74) is 10.2. The molecule has 8 nitrogen and oxygen atoms in total. The lowest BCUT2D eigenvalue weighted by atomic mass is 9.98. The highest BCUT2D eigenvalue weighted by atomic mass is 15.2. The third kappa shape index (κ3) is 11.4. The SMILES string of the molecule is CNCc1ccnc(CNCCCN(C)Cc2cccc(C[C@@H]3CCCN3Cc3ccccc3)c2NCc2cc(CNCC3CC3)ccn2)c1. The van der Waals surface area contributed by atoms with Gasteiger partial charge in [-0.25, -0.2) is 0 Å². The van der Waals surface area contributed by atoms with Crippen LogP contribution >= 0.6 is 0 Å². The molecule has 2 aliphatic rings. The summed E-state index contributed by atoms with van der Waals surface area (Å²) in [6.45, 7) is 9.49. The van der Waals surface area contributed by atoms with Gasteiger partial charge in [-0.1, -0.05) is 48.5 Å². The first-order valence-electron chi connectivity index (χ1n) is 18.9. The van der Waals surface area contributed by atoms with Crippen molar-refractivity contribution in [1.82, 2.24) is 35.7 Å². The van der Waals surface area contributed by atoms with E-state index >= 15 is 0 Å². The molecule has 1 saturated heterocycles. The number of nitrogens with one attached hydrogen (secondary N) is 4. The standard InChI is InChI=1S/C42H58N8/c1-43-26-35-16-19-46-39(23-35)29-44-18-8-21-49(2)32-38-12-6-11-37(25-41-13-7-22-50(41)31-34-9-4-3-5-10-34)42(38)48-30-40-24-36(17-20-47-40)28-45-27-33-14-15-33/h3-6,9-12,16-17,19-20,23-24,33,41,43-45,48H,7-8,13-15,18,21-22,25-32H2,1-2H3/t41-/m0/s1. The Kier molecular flexibility index (Phi) is 13.8. The second kappa shape index (κ2) is 19.1. The molecule has 50 heavy (non-hydrogen) atoms. The van der Waals surface area contributed by atoms with Gasteiger partial charge in [0.25, 0.3) is 0 Å². The van der Waals surface area contributed by atoms with Crippen LogP contribution in [0.15, 0.2) is 85.2 Å². The van der Waals surface area contributed by atoms with Gasteiger partial charge in [0, 0.05) is 56.8 Å². The van der Waals surface area contributed by atoms with Gasteiger partial charge >= 0.3 is 0 Å². The molecule has 4 aromatic rings. The topological polar surface area (TPSA) is 80.4 Å². The molecule has 6 rings (SSSR count). The smallest absolute Gasteiger partial charge is 0.0597 e. The molecule has 2 fully saturated rings. The van der Waals surface area contributed by atoms with Crippen LogP contribution in [0.2, 0.25) is 0 Å². The van der Waals surface area contributed by atoms with Gasteiger partial charge in [0.05, 0.1) is 17.9 Å². The number of aromatic nitrogens is 2. The lowest BCUT2D eigenvalue weighted by Gasteiger charge is -2.27. The summed E-state index contributed by atoms with van der Waals surface area (Å²) in [5, 5.41) is 14.4. The minimum atomic E-state index is 0.544. The van der Waals surface area contributed by atoms with Crippen molar-refractivity contribution in [3.8, 4) is 0 Å². The van der Waals surface area contributed by atoms with E-state index in [4.69, 9.17) is 4.98 Å². The molecular formula is C42H58N8. The molecule has 1 aliphatic carbocycles. The second-order valence-corrected chi connectivity index (χ2v) is 14.4. The van der Waals surface area contributed by atoms with Gasteiger partial charge in [-0.3, -0.25) is 14.9 Å². The number of rotatable bonds is 21. The Morgan fingerprint density at radius 2 is 1.54 bits per heavy atom. The maximum Gasteiger partial charge on any atom is 0.0597 e. The average molecular weight is 675 g/mol. The summed E-state index contributed by atoms with van der Waals surface area (Å²) in [6.07, 6.45) is 11.3. The van der Waals surface area contributed by atoms with Gasteiger partial charge in [-0.2, -0.15) is 0 Å². The quantitative estimate of drug-likeness (QED) is 0.0788. The van der Waals surface area contributed by atoms with E-state index in [-0.39, 0.29) is 0 Å². The number of anilines is 1. The number of nitrogens with zero attached hydrogens (tertiary/aromatic N) is 4. The summed E-state index contributed by atoms with van der Waals surface area (Å²) in [4.78, 5) is 14.4. The summed E-state index contributed by atoms with van der Waals surface area (Å²) in [5.74, 6) is 0.883. The average Bonchev–Trinajstić information content (AvgIpc) is 3.86. The summed E-state index contributed by atoms with van der Waals surface area (Å²) in [6, 6.07) is 27.1. The van der Waals surface area contributed by atoms with Gasteiger partial charge in [0.1, 0.15) is 0 Å². The Morgan fingerprint density at radius 3 is 2.32 bits per heavy atom. The van der Waals surface area contributed by atoms with Gasteiger partial charge in [0.15, 0.2) is 0 Å². The van der Waals surface area contributed by atoms with Crippen molar-refractivity contribution in [1.29, 1.82) is 0 Å². The predicted octanol–water partition coefficient (Wildman–Crippen LogP) is 6.13.